The van der Waals surface area contributed by atoms with Gasteiger partial charge < -0.3 is 56.9 Å². The molecule has 1 saturated heterocycles. The fourth-order valence-electron chi connectivity index (χ4n) is 25.2. The number of phenolic OH excluding ortho intramolecular Hbond substituents is 1. The summed E-state index contributed by atoms with van der Waals surface area (Å²) in [6, 6.07) is 13.1. The lowest BCUT2D eigenvalue weighted by molar-refractivity contribution is -0.208. The molecule has 17 rings (SSSR count). The fraction of sp³-hybridized carbons (Fsp3) is 0.627. The fourth-order valence-corrected chi connectivity index (χ4v) is 25.2. The Morgan fingerprint density at radius 1 is 0.929 bits per heavy atom. The van der Waals surface area contributed by atoms with Crippen molar-refractivity contribution in [2.75, 3.05) is 20.2 Å². The number of aliphatic hydroxyl groups excluding tert-OH is 3. The number of benzene rings is 2. The lowest BCUT2D eigenvalue weighted by atomic mass is 9.43. The van der Waals surface area contributed by atoms with Crippen LogP contribution in [-0.4, -0.2) is 112 Å². The Labute approximate surface area is 578 Å². The van der Waals surface area contributed by atoms with Gasteiger partial charge in [-0.05, 0) is 245 Å². The van der Waals surface area contributed by atoms with Gasteiger partial charge in [0.2, 0.25) is 5.78 Å². The molecule has 0 aromatic heterocycles. The highest BCUT2D eigenvalue weighted by Crippen LogP contribution is 2.81. The number of aliphatic hydroxyl groups is 3. The van der Waals surface area contributed by atoms with Gasteiger partial charge in [0.1, 0.15) is 17.7 Å². The van der Waals surface area contributed by atoms with E-state index in [0.717, 1.165) is 118 Å². The molecule has 7 heterocycles. The number of Topliss-reactive ketones (excluding diaryl/α,β-unsaturated/α-hetero) is 2. The minimum absolute atomic E-state index is 0.0296. The predicted octanol–water partition coefficient (Wildman–Crippen LogP) is 11.1. The van der Waals surface area contributed by atoms with Crippen molar-refractivity contribution in [3.05, 3.63) is 146 Å². The highest BCUT2D eigenvalue weighted by Gasteiger charge is 2.86. The van der Waals surface area contributed by atoms with Crippen molar-refractivity contribution in [2.45, 2.75) is 241 Å². The smallest absolute Gasteiger partial charge is 0.350 e. The highest BCUT2D eigenvalue weighted by molar-refractivity contribution is 6.33. The molecule has 15 aliphatic rings. The van der Waals surface area contributed by atoms with Gasteiger partial charge in [-0.1, -0.05) is 105 Å². The Hall–Kier alpha value is -6.09. The van der Waals surface area contributed by atoms with Crippen LogP contribution in [0.3, 0.4) is 0 Å². The SMILES string of the molecule is CNC1CCC2=C(NCC=C2CCC(C)=C(CO)CC23OC24C(=O)OC2C5CC(O)C67CC8(CCC(O)C8)C8(CCCC8)C6CC#CC(C)NC68C=C9C=CCC(CCCCC(C)(CC%10=CNC(N)C(=C%10)C(c%10cccc(O)c%10)CC7C5C6)Cc5cccc(c5C4=O)C3=O)C9CC28)N1. The summed E-state index contributed by atoms with van der Waals surface area (Å²) < 4.78 is 14.9. The number of rotatable bonds is 8. The number of aromatic hydroxyl groups is 1. The molecule has 98 heavy (non-hydrogen) atoms. The first-order valence-corrected chi connectivity index (χ1v) is 38.0. The number of carbonyl (C=O) groups is 3. The third-order valence-electron chi connectivity index (χ3n) is 29.4. The van der Waals surface area contributed by atoms with E-state index < -0.39 is 82.1 Å². The molecule has 2 aromatic carbocycles. The molecule has 7 aliphatic heterocycles. The molecule has 20 atom stereocenters. The standard InChI is InChI=1S/C83H104N6O9/c1-47(22-23-51-27-32-86-75-58(51)24-25-69(85-4)88-75)55(45-90)41-82-72(94)59-20-12-18-54-39-77(3)28-6-5-14-50-15-10-17-53-40-80-43-64-62(71(66(80)35-60(50)53)97-76(96)83(82,98-82)73(95)70(54)59)37-68(93)81(65(64)36-61(52-16-11-19-56(91)34-52)63-33-49(38-77)44-87-74(63)84)46-78(31-26-57(92)42-78)79(29-7-8-30-79)67(81)21-9-13-48(2)89-80/h10-12,16-20,27,33-34,40,44,48,50,57,60-62,64-69,71,74,85-93H,5-8,14-15,21-26,28-32,35-39,41-43,45-46,84H2,1-4H3. The number of dihydropyridines is 2. The van der Waals surface area contributed by atoms with Crippen LogP contribution in [0.25, 0.3) is 0 Å². The molecule has 20 unspecified atom stereocenters. The number of fused-ring (bicyclic) bond motifs is 5. The van der Waals surface area contributed by atoms with Gasteiger partial charge in [0.25, 0.3) is 5.60 Å². The van der Waals surface area contributed by atoms with Gasteiger partial charge in [-0.3, -0.25) is 14.9 Å². The zero-order chi connectivity index (χ0) is 67.5. The van der Waals surface area contributed by atoms with Gasteiger partial charge in [0, 0.05) is 65.4 Å². The van der Waals surface area contributed by atoms with E-state index >= 15 is 14.4 Å². The number of allylic oxidation sites excluding steroid dienone is 8. The monoisotopic (exact) mass is 1330 g/mol. The number of esters is 1. The largest absolute Gasteiger partial charge is 0.508 e. The van der Waals surface area contributed by atoms with Crippen LogP contribution in [0.15, 0.2) is 124 Å². The number of hydrogen-bond donors (Lipinski definition) is 10. The van der Waals surface area contributed by atoms with E-state index in [-0.39, 0.29) is 81.8 Å². The number of phenols is 1. The second kappa shape index (κ2) is 24.0. The quantitative estimate of drug-likeness (QED) is 0.0389. The molecule has 2 aromatic rings. The summed E-state index contributed by atoms with van der Waals surface area (Å²) in [6.45, 7) is 6.80. The van der Waals surface area contributed by atoms with Crippen molar-refractivity contribution in [1.82, 2.24) is 26.6 Å². The van der Waals surface area contributed by atoms with Gasteiger partial charge in [0.05, 0.1) is 37.2 Å². The Kier molecular flexibility index (Phi) is 16.0. The number of nitrogens with two attached hydrogens (primary N) is 1. The molecule has 11 N–H and O–H groups in total. The average molecular weight is 1330 g/mol. The maximum Gasteiger partial charge on any atom is 0.350 e. The summed E-state index contributed by atoms with van der Waals surface area (Å²) in [6.07, 6.45) is 30.2. The molecule has 15 heteroatoms. The molecule has 6 fully saturated rings. The number of ether oxygens (including phenoxy) is 2. The zero-order valence-electron chi connectivity index (χ0n) is 58.1. The van der Waals surface area contributed by atoms with Gasteiger partial charge in [-0.2, -0.15) is 0 Å². The number of ketones is 2. The summed E-state index contributed by atoms with van der Waals surface area (Å²) in [5.74, 6) is 5.98. The zero-order valence-corrected chi connectivity index (χ0v) is 58.1. The predicted molar refractivity (Wildman–Crippen MR) is 375 cm³/mol. The third kappa shape index (κ3) is 9.83. The second-order valence-corrected chi connectivity index (χ2v) is 34.2. The van der Waals surface area contributed by atoms with E-state index in [1.54, 1.807) is 12.1 Å². The summed E-state index contributed by atoms with van der Waals surface area (Å²) >= 11 is 0. The van der Waals surface area contributed by atoms with Crippen molar-refractivity contribution in [3.63, 3.8) is 0 Å². The van der Waals surface area contributed by atoms with Crippen LogP contribution < -0.4 is 32.3 Å². The molecular formula is C83H104N6O9. The van der Waals surface area contributed by atoms with Gasteiger partial charge in [-0.25, -0.2) is 4.79 Å². The van der Waals surface area contributed by atoms with Crippen LogP contribution in [0.2, 0.25) is 0 Å². The topological polar surface area (TPSA) is 240 Å². The lowest BCUT2D eigenvalue weighted by Crippen LogP contribution is -2.69. The van der Waals surface area contributed by atoms with Crippen LogP contribution in [0.1, 0.15) is 213 Å². The Morgan fingerprint density at radius 2 is 1.77 bits per heavy atom. The molecule has 5 saturated carbocycles. The summed E-state index contributed by atoms with van der Waals surface area (Å²) in [4.78, 5) is 50.6. The van der Waals surface area contributed by atoms with Gasteiger partial charge in [-0.15, -0.1) is 5.92 Å². The van der Waals surface area contributed by atoms with Crippen LogP contribution in [0.5, 0.6) is 5.75 Å². The van der Waals surface area contributed by atoms with E-state index in [9.17, 15) is 20.4 Å². The molecule has 15 nitrogen and oxygen atoms in total. The molecule has 0 amide bonds. The van der Waals surface area contributed by atoms with Crippen LogP contribution in [-0.2, 0) is 20.7 Å². The summed E-state index contributed by atoms with van der Waals surface area (Å²) in [5, 5.41) is 68.6. The average Bonchev–Trinajstić information content (AvgIpc) is 1.48. The molecule has 5 spiro atoms. The van der Waals surface area contributed by atoms with E-state index in [2.05, 4.69) is 94.9 Å². The number of carbonyl (C=O) groups excluding carboxylic acids is 3. The van der Waals surface area contributed by atoms with Crippen LogP contribution >= 0.6 is 0 Å². The molecule has 520 valence electrons. The van der Waals surface area contributed by atoms with Crippen molar-refractivity contribution in [3.8, 4) is 17.6 Å². The molecule has 8 aliphatic carbocycles. The van der Waals surface area contributed by atoms with Crippen molar-refractivity contribution in [1.29, 1.82) is 0 Å². The lowest BCUT2D eigenvalue weighted by Gasteiger charge is -2.64. The van der Waals surface area contributed by atoms with Crippen molar-refractivity contribution < 1.29 is 44.3 Å². The van der Waals surface area contributed by atoms with Crippen LogP contribution in [0, 0.1) is 74.9 Å². The first-order chi connectivity index (χ1) is 47.3. The second-order valence-electron chi connectivity index (χ2n) is 34.2. The van der Waals surface area contributed by atoms with Crippen molar-refractivity contribution >= 4 is 17.5 Å². The van der Waals surface area contributed by atoms with E-state index in [1.165, 1.54) is 16.7 Å². The third-order valence-corrected chi connectivity index (χ3v) is 29.4. The van der Waals surface area contributed by atoms with Crippen molar-refractivity contribution in [2.24, 2.45) is 68.8 Å². The molecule has 13 bridgehead atoms. The normalized spacial score (nSPS) is 42.6. The minimum Gasteiger partial charge on any atom is -0.508 e. The Balaban J connectivity index is 0.886. The van der Waals surface area contributed by atoms with E-state index in [1.807, 2.05) is 38.2 Å². The maximum absolute atomic E-state index is 17.2. The van der Waals surface area contributed by atoms with E-state index in [0.29, 0.717) is 87.8 Å². The van der Waals surface area contributed by atoms with Gasteiger partial charge >= 0.3 is 5.97 Å². The summed E-state index contributed by atoms with van der Waals surface area (Å²) in [7, 11) is 1.97. The number of nitrogens with one attached hydrogen (secondary N) is 5. The van der Waals surface area contributed by atoms with Gasteiger partial charge in [0.15, 0.2) is 11.4 Å². The Bertz CT molecular complexity index is 3960. The molecular weight excluding hydrogens is 1220 g/mol. The maximum atomic E-state index is 17.2. The number of epoxide rings is 1. The Morgan fingerprint density at radius 3 is 2.57 bits per heavy atom. The molecule has 0 radical (unpaired) electrons. The highest BCUT2D eigenvalue weighted by atomic mass is 16.7. The number of hydrogen-bond acceptors (Lipinski definition) is 15. The summed E-state index contributed by atoms with van der Waals surface area (Å²) in [5.41, 5.74) is 10.1. The van der Waals surface area contributed by atoms with E-state index in [4.69, 9.17) is 15.2 Å². The first-order valence-electron chi connectivity index (χ1n) is 38.0. The van der Waals surface area contributed by atoms with Crippen LogP contribution in [0.4, 0.5) is 0 Å². The minimum atomic E-state index is -2.38. The first kappa shape index (κ1) is 65.2.